The lowest BCUT2D eigenvalue weighted by Gasteiger charge is -2.27. The Morgan fingerprint density at radius 2 is 1.90 bits per heavy atom. The standard InChI is InChI=1S/C23H32N6O2/c1-16(2)20-15-31-23(30)29(20)21-8-9-25-22(27-21)26-17(3)19-6-4-18(5-7-19)14-28-12-10-24-11-13-28/h4-9,16-17,20,24H,10-15H2,1-3H3,(H,25,26,27)/t17-,20?/m0/s1. The number of cyclic esters (lactones) is 1. The number of nitrogens with one attached hydrogen (secondary N) is 2. The van der Waals surface area contributed by atoms with Crippen molar-refractivity contribution in [3.05, 3.63) is 47.7 Å². The number of benzene rings is 1. The zero-order chi connectivity index (χ0) is 21.8. The normalized spacial score (nSPS) is 20.7. The lowest BCUT2D eigenvalue weighted by Crippen LogP contribution is -2.42. The van der Waals surface area contributed by atoms with Crippen LogP contribution in [0.4, 0.5) is 16.6 Å². The van der Waals surface area contributed by atoms with Gasteiger partial charge < -0.3 is 15.4 Å². The summed E-state index contributed by atoms with van der Waals surface area (Å²) in [5.74, 6) is 1.34. The molecular formula is C23H32N6O2. The van der Waals surface area contributed by atoms with Crippen LogP contribution < -0.4 is 15.5 Å². The first-order valence-corrected chi connectivity index (χ1v) is 11.1. The van der Waals surface area contributed by atoms with Gasteiger partial charge in [0.15, 0.2) is 0 Å². The van der Waals surface area contributed by atoms with E-state index in [1.54, 1.807) is 17.2 Å². The summed E-state index contributed by atoms with van der Waals surface area (Å²) in [6.45, 7) is 11.9. The monoisotopic (exact) mass is 424 g/mol. The molecule has 2 aromatic rings. The van der Waals surface area contributed by atoms with Crippen LogP contribution in [0.2, 0.25) is 0 Å². The highest BCUT2D eigenvalue weighted by Gasteiger charge is 2.37. The highest BCUT2D eigenvalue weighted by Crippen LogP contribution is 2.26. The zero-order valence-corrected chi connectivity index (χ0v) is 18.5. The number of rotatable bonds is 7. The van der Waals surface area contributed by atoms with Gasteiger partial charge >= 0.3 is 6.09 Å². The molecule has 8 heteroatoms. The van der Waals surface area contributed by atoms with Crippen molar-refractivity contribution >= 4 is 17.9 Å². The number of piperazine rings is 1. The number of anilines is 2. The molecule has 4 rings (SSSR count). The number of amides is 1. The van der Waals surface area contributed by atoms with Crippen molar-refractivity contribution in [2.75, 3.05) is 43.0 Å². The maximum Gasteiger partial charge on any atom is 0.415 e. The largest absolute Gasteiger partial charge is 0.447 e. The number of carbonyl (C=O) groups is 1. The molecular weight excluding hydrogens is 392 g/mol. The van der Waals surface area contributed by atoms with E-state index in [-0.39, 0.29) is 24.1 Å². The Morgan fingerprint density at radius 3 is 2.61 bits per heavy atom. The van der Waals surface area contributed by atoms with E-state index in [1.807, 2.05) is 0 Å². The molecule has 3 heterocycles. The van der Waals surface area contributed by atoms with Gasteiger partial charge in [-0.15, -0.1) is 0 Å². The van der Waals surface area contributed by atoms with Gasteiger partial charge in [-0.05, 0) is 30.0 Å². The van der Waals surface area contributed by atoms with Crippen LogP contribution >= 0.6 is 0 Å². The molecule has 2 fully saturated rings. The van der Waals surface area contributed by atoms with Crippen molar-refractivity contribution in [3.8, 4) is 0 Å². The van der Waals surface area contributed by atoms with E-state index in [0.29, 0.717) is 18.4 Å². The Labute approximate surface area is 184 Å². The van der Waals surface area contributed by atoms with Gasteiger partial charge in [-0.1, -0.05) is 38.1 Å². The maximum absolute atomic E-state index is 12.2. The molecule has 2 N–H and O–H groups in total. The third-order valence-electron chi connectivity index (χ3n) is 6.00. The molecule has 0 aliphatic carbocycles. The number of aromatic nitrogens is 2. The fourth-order valence-electron chi connectivity index (χ4n) is 4.06. The Hall–Kier alpha value is -2.71. The molecule has 166 valence electrons. The van der Waals surface area contributed by atoms with Crippen LogP contribution in [0.5, 0.6) is 0 Å². The average Bonchev–Trinajstić information content (AvgIpc) is 3.17. The molecule has 0 saturated carbocycles. The first-order valence-electron chi connectivity index (χ1n) is 11.1. The van der Waals surface area contributed by atoms with Gasteiger partial charge in [0.25, 0.3) is 0 Å². The van der Waals surface area contributed by atoms with Crippen molar-refractivity contribution in [3.63, 3.8) is 0 Å². The van der Waals surface area contributed by atoms with E-state index in [9.17, 15) is 4.79 Å². The van der Waals surface area contributed by atoms with Gasteiger partial charge in [-0.3, -0.25) is 9.80 Å². The average molecular weight is 425 g/mol. The first kappa shape index (κ1) is 21.5. The second-order valence-electron chi connectivity index (χ2n) is 8.63. The molecule has 31 heavy (non-hydrogen) atoms. The van der Waals surface area contributed by atoms with Crippen LogP contribution in [0, 0.1) is 5.92 Å². The smallest absolute Gasteiger partial charge is 0.415 e. The summed E-state index contributed by atoms with van der Waals surface area (Å²) < 4.78 is 5.25. The second kappa shape index (κ2) is 9.62. The predicted molar refractivity (Wildman–Crippen MR) is 121 cm³/mol. The fourth-order valence-corrected chi connectivity index (χ4v) is 4.06. The summed E-state index contributed by atoms with van der Waals surface area (Å²) in [5, 5.41) is 6.75. The molecule has 8 nitrogen and oxygen atoms in total. The van der Waals surface area contributed by atoms with Crippen LogP contribution in [-0.2, 0) is 11.3 Å². The van der Waals surface area contributed by atoms with E-state index in [0.717, 1.165) is 32.7 Å². The van der Waals surface area contributed by atoms with E-state index >= 15 is 0 Å². The Kier molecular flexibility index (Phi) is 6.67. The molecule has 1 amide bonds. The van der Waals surface area contributed by atoms with Crippen LogP contribution in [-0.4, -0.2) is 59.8 Å². The van der Waals surface area contributed by atoms with Gasteiger partial charge in [-0.2, -0.15) is 4.98 Å². The summed E-state index contributed by atoms with van der Waals surface area (Å²) in [6.07, 6.45) is 1.33. The van der Waals surface area contributed by atoms with Gasteiger partial charge in [0.1, 0.15) is 12.4 Å². The molecule has 2 aliphatic heterocycles. The molecule has 2 aliphatic rings. The Bertz CT molecular complexity index is 882. The first-order chi connectivity index (χ1) is 15.0. The van der Waals surface area contributed by atoms with Crippen molar-refractivity contribution in [2.45, 2.75) is 39.4 Å². The number of carbonyl (C=O) groups excluding carboxylic acids is 1. The predicted octanol–water partition coefficient (Wildman–Crippen LogP) is 3.04. The number of hydrogen-bond acceptors (Lipinski definition) is 7. The van der Waals surface area contributed by atoms with E-state index in [4.69, 9.17) is 4.74 Å². The van der Waals surface area contributed by atoms with Crippen LogP contribution in [0.3, 0.4) is 0 Å². The van der Waals surface area contributed by atoms with Crippen LogP contribution in [0.1, 0.15) is 37.9 Å². The summed E-state index contributed by atoms with van der Waals surface area (Å²) in [7, 11) is 0. The minimum absolute atomic E-state index is 0.0177. The van der Waals surface area contributed by atoms with Crippen molar-refractivity contribution in [1.82, 2.24) is 20.2 Å². The molecule has 1 unspecified atom stereocenters. The van der Waals surface area contributed by atoms with Gasteiger partial charge in [0.05, 0.1) is 12.1 Å². The second-order valence-corrected chi connectivity index (χ2v) is 8.63. The van der Waals surface area contributed by atoms with Crippen LogP contribution in [0.25, 0.3) is 0 Å². The van der Waals surface area contributed by atoms with Gasteiger partial charge in [0.2, 0.25) is 5.95 Å². The van der Waals surface area contributed by atoms with Gasteiger partial charge in [0, 0.05) is 38.9 Å². The lowest BCUT2D eigenvalue weighted by atomic mass is 10.0. The van der Waals surface area contributed by atoms with E-state index in [2.05, 4.69) is 70.5 Å². The highest BCUT2D eigenvalue weighted by molar-refractivity contribution is 5.89. The van der Waals surface area contributed by atoms with E-state index < -0.39 is 0 Å². The number of nitrogens with zero attached hydrogens (tertiary/aromatic N) is 4. The third kappa shape index (κ3) is 5.14. The lowest BCUT2D eigenvalue weighted by molar-refractivity contribution is 0.177. The minimum atomic E-state index is -0.350. The molecule has 0 bridgehead atoms. The summed E-state index contributed by atoms with van der Waals surface area (Å²) >= 11 is 0. The Balaban J connectivity index is 1.41. The minimum Gasteiger partial charge on any atom is -0.447 e. The molecule has 1 aromatic carbocycles. The molecule has 0 spiro atoms. The van der Waals surface area contributed by atoms with Crippen molar-refractivity contribution in [1.29, 1.82) is 0 Å². The SMILES string of the molecule is CC(C)C1COC(=O)N1c1ccnc(N[C@@H](C)c2ccc(CN3CCNCC3)cc2)n1. The van der Waals surface area contributed by atoms with Crippen molar-refractivity contribution in [2.24, 2.45) is 5.92 Å². The number of hydrogen-bond donors (Lipinski definition) is 2. The summed E-state index contributed by atoms with van der Waals surface area (Å²) in [6, 6.07) is 10.5. The number of ether oxygens (including phenoxy) is 1. The third-order valence-corrected chi connectivity index (χ3v) is 6.00. The Morgan fingerprint density at radius 1 is 1.16 bits per heavy atom. The zero-order valence-electron chi connectivity index (χ0n) is 18.5. The quantitative estimate of drug-likeness (QED) is 0.707. The van der Waals surface area contributed by atoms with Gasteiger partial charge in [-0.25, -0.2) is 9.78 Å². The molecule has 0 radical (unpaired) electrons. The maximum atomic E-state index is 12.2. The highest BCUT2D eigenvalue weighted by atomic mass is 16.6. The molecule has 2 saturated heterocycles. The van der Waals surface area contributed by atoms with Crippen molar-refractivity contribution < 1.29 is 9.53 Å². The topological polar surface area (TPSA) is 82.6 Å². The van der Waals surface area contributed by atoms with Crippen LogP contribution in [0.15, 0.2) is 36.5 Å². The fraction of sp³-hybridized carbons (Fsp3) is 0.522. The summed E-state index contributed by atoms with van der Waals surface area (Å²) in [4.78, 5) is 25.3. The van der Waals surface area contributed by atoms with E-state index in [1.165, 1.54) is 11.1 Å². The summed E-state index contributed by atoms with van der Waals surface area (Å²) in [5.41, 5.74) is 2.49. The molecule has 1 aromatic heterocycles. The molecule has 2 atom stereocenters.